The Bertz CT molecular complexity index is 233. The van der Waals surface area contributed by atoms with E-state index in [9.17, 15) is 0 Å². The third kappa shape index (κ3) is 1.66. The van der Waals surface area contributed by atoms with E-state index >= 15 is 0 Å². The molecule has 0 heterocycles. The summed E-state index contributed by atoms with van der Waals surface area (Å²) in [6.07, 6.45) is 2.59. The van der Waals surface area contributed by atoms with Crippen LogP contribution in [0, 0.1) is 0 Å². The van der Waals surface area contributed by atoms with Gasteiger partial charge in [-0.25, -0.2) is 0 Å². The topological polar surface area (TPSA) is 26.0 Å². The zero-order valence-electron chi connectivity index (χ0n) is 7.19. The van der Waals surface area contributed by atoms with Crippen LogP contribution in [0.4, 0.5) is 0 Å². The molecule has 0 aliphatic heterocycles. The van der Waals surface area contributed by atoms with Gasteiger partial charge < -0.3 is 5.73 Å². The highest BCUT2D eigenvalue weighted by molar-refractivity contribution is 9.11. The molecule has 1 nitrogen and oxygen atoms in total. The fourth-order valence-electron chi connectivity index (χ4n) is 0.668. The molecular formula is C7H10BrN. The second kappa shape index (κ2) is 2.67. The van der Waals surface area contributed by atoms with E-state index < -0.39 is 12.4 Å². The van der Waals surface area contributed by atoms with Crippen molar-refractivity contribution in [3.63, 3.8) is 0 Å². The van der Waals surface area contributed by atoms with Crippen molar-refractivity contribution in [2.45, 2.75) is 19.3 Å². The molecule has 0 amide bonds. The maximum absolute atomic E-state index is 7.56. The number of allylic oxidation sites excluding steroid dienone is 2. The van der Waals surface area contributed by atoms with Gasteiger partial charge in [0.15, 0.2) is 0 Å². The van der Waals surface area contributed by atoms with Gasteiger partial charge in [-0.05, 0) is 13.3 Å². The Morgan fingerprint density at radius 2 is 2.78 bits per heavy atom. The molecule has 2 unspecified atom stereocenters. The average molecular weight is 190 g/mol. The Morgan fingerprint density at radius 1 is 2.11 bits per heavy atom. The minimum atomic E-state index is -1.26. The van der Waals surface area contributed by atoms with Crippen LogP contribution in [0.25, 0.3) is 0 Å². The molecule has 50 valence electrons. The van der Waals surface area contributed by atoms with Gasteiger partial charge in [0.05, 0.1) is 1.37 Å². The number of hydrogen-bond donors (Lipinski definition) is 1. The lowest BCUT2D eigenvalue weighted by Crippen LogP contribution is -2.18. The van der Waals surface area contributed by atoms with Crippen LogP contribution in [0.1, 0.15) is 16.1 Å². The summed E-state index contributed by atoms with van der Waals surface area (Å²) in [5.74, 6) is 0. The maximum Gasteiger partial charge on any atom is 0.0511 e. The van der Waals surface area contributed by atoms with Crippen molar-refractivity contribution >= 4 is 15.9 Å². The van der Waals surface area contributed by atoms with Gasteiger partial charge in [0.2, 0.25) is 0 Å². The minimum Gasteiger partial charge on any atom is -0.324 e. The van der Waals surface area contributed by atoms with Crippen molar-refractivity contribution < 1.29 is 2.74 Å². The van der Waals surface area contributed by atoms with E-state index in [1.807, 2.05) is 0 Å². The summed E-state index contributed by atoms with van der Waals surface area (Å²) in [6.45, 7) is 1.81. The van der Waals surface area contributed by atoms with Crippen LogP contribution in [0.3, 0.4) is 0 Å². The third-order valence-electron chi connectivity index (χ3n) is 1.18. The van der Waals surface area contributed by atoms with E-state index in [2.05, 4.69) is 15.9 Å². The molecule has 1 aliphatic carbocycles. The highest BCUT2D eigenvalue weighted by atomic mass is 79.9. The lowest BCUT2D eigenvalue weighted by atomic mass is 10.0. The second-order valence-corrected chi connectivity index (χ2v) is 2.86. The van der Waals surface area contributed by atoms with Crippen molar-refractivity contribution in [2.24, 2.45) is 5.73 Å². The number of halogens is 1. The number of hydrogen-bond acceptors (Lipinski definition) is 1. The SMILES string of the molecule is [2H]C1C(C)=C(Br)C=CC1([2H])N. The summed E-state index contributed by atoms with van der Waals surface area (Å²) in [4.78, 5) is 0. The minimum absolute atomic E-state index is 0.665. The molecule has 0 saturated carbocycles. The molecule has 1 aliphatic rings. The van der Waals surface area contributed by atoms with Crippen LogP contribution >= 0.6 is 15.9 Å². The van der Waals surface area contributed by atoms with E-state index in [-0.39, 0.29) is 0 Å². The first-order valence-electron chi connectivity index (χ1n) is 3.79. The first-order chi connectivity index (χ1) is 4.95. The Balaban J connectivity index is 3.01. The normalized spacial score (nSPS) is 46.8. The van der Waals surface area contributed by atoms with Crippen LogP contribution in [0.15, 0.2) is 22.2 Å². The molecule has 0 fully saturated rings. The second-order valence-electron chi connectivity index (χ2n) is 2.01. The largest absolute Gasteiger partial charge is 0.324 e. The molecule has 2 N–H and O–H groups in total. The molecule has 0 bridgehead atoms. The van der Waals surface area contributed by atoms with E-state index in [1.165, 1.54) is 6.08 Å². The number of rotatable bonds is 0. The van der Waals surface area contributed by atoms with Crippen LogP contribution in [-0.2, 0) is 0 Å². The maximum atomic E-state index is 7.56. The third-order valence-corrected chi connectivity index (χ3v) is 2.07. The molecule has 0 aromatic rings. The Morgan fingerprint density at radius 3 is 3.33 bits per heavy atom. The highest BCUT2D eigenvalue weighted by Crippen LogP contribution is 2.21. The molecule has 0 radical (unpaired) electrons. The smallest absolute Gasteiger partial charge is 0.0511 e. The fraction of sp³-hybridized carbons (Fsp3) is 0.429. The van der Waals surface area contributed by atoms with Gasteiger partial charge in [-0.2, -0.15) is 0 Å². The van der Waals surface area contributed by atoms with Gasteiger partial charge in [0.25, 0.3) is 0 Å². The van der Waals surface area contributed by atoms with Gasteiger partial charge in [-0.15, -0.1) is 0 Å². The molecule has 2 atom stereocenters. The van der Waals surface area contributed by atoms with Crippen molar-refractivity contribution in [2.75, 3.05) is 0 Å². The van der Waals surface area contributed by atoms with Gasteiger partial charge >= 0.3 is 0 Å². The molecule has 0 aromatic heterocycles. The summed E-state index contributed by atoms with van der Waals surface area (Å²) in [5.41, 5.74) is 6.32. The molecule has 1 rings (SSSR count). The summed E-state index contributed by atoms with van der Waals surface area (Å²) in [7, 11) is 0. The Labute approximate surface area is 66.6 Å². The van der Waals surface area contributed by atoms with Gasteiger partial charge in [-0.3, -0.25) is 0 Å². The van der Waals surface area contributed by atoms with Crippen LogP contribution in [0.5, 0.6) is 0 Å². The predicted octanol–water partition coefficient (Wildman–Crippen LogP) is 1.94. The molecule has 0 spiro atoms. The van der Waals surface area contributed by atoms with E-state index in [1.54, 1.807) is 13.0 Å². The monoisotopic (exact) mass is 189 g/mol. The van der Waals surface area contributed by atoms with Gasteiger partial charge in [0, 0.05) is 11.9 Å². The summed E-state index contributed by atoms with van der Waals surface area (Å²) < 4.78 is 15.9. The predicted molar refractivity (Wildman–Crippen MR) is 43.4 cm³/mol. The number of nitrogens with two attached hydrogens (primary N) is 1. The van der Waals surface area contributed by atoms with E-state index in [4.69, 9.17) is 8.48 Å². The first-order valence-corrected chi connectivity index (χ1v) is 3.51. The molecule has 0 saturated heterocycles. The summed E-state index contributed by atoms with van der Waals surface area (Å²) in [6, 6.07) is -1.26. The van der Waals surface area contributed by atoms with Crippen molar-refractivity contribution in [1.82, 2.24) is 0 Å². The zero-order chi connectivity index (χ0) is 8.65. The fourth-order valence-corrected chi connectivity index (χ4v) is 0.915. The van der Waals surface area contributed by atoms with Crippen LogP contribution in [-0.4, -0.2) is 6.02 Å². The zero-order valence-corrected chi connectivity index (χ0v) is 6.77. The van der Waals surface area contributed by atoms with Crippen LogP contribution in [0.2, 0.25) is 0 Å². The average Bonchev–Trinajstić information content (AvgIpc) is 1.95. The Hall–Kier alpha value is -0.0800. The van der Waals surface area contributed by atoms with Crippen molar-refractivity contribution in [3.05, 3.63) is 22.2 Å². The molecular weight excluding hydrogens is 178 g/mol. The van der Waals surface area contributed by atoms with E-state index in [0.29, 0.717) is 0 Å². The van der Waals surface area contributed by atoms with Crippen molar-refractivity contribution in [1.29, 1.82) is 0 Å². The van der Waals surface area contributed by atoms with E-state index in [0.717, 1.165) is 10.1 Å². The van der Waals surface area contributed by atoms with Gasteiger partial charge in [-0.1, -0.05) is 33.7 Å². The quantitative estimate of drug-likeness (QED) is 0.620. The van der Waals surface area contributed by atoms with Crippen molar-refractivity contribution in [3.8, 4) is 0 Å². The standard InChI is InChI=1S/C7H10BrN/c1-5-4-6(9)2-3-7(5)8/h2-3,6H,4,9H2,1H3/i4D,6D. The summed E-state index contributed by atoms with van der Waals surface area (Å²) in [5, 5.41) is 0. The lowest BCUT2D eigenvalue weighted by molar-refractivity contribution is 0.789. The molecule has 2 heteroatoms. The summed E-state index contributed by atoms with van der Waals surface area (Å²) >= 11 is 3.28. The lowest BCUT2D eigenvalue weighted by Gasteiger charge is -2.12. The highest BCUT2D eigenvalue weighted by Gasteiger charge is 2.06. The van der Waals surface area contributed by atoms with Gasteiger partial charge in [0.1, 0.15) is 0 Å². The molecule has 0 aromatic carbocycles. The Kier molecular flexibility index (Phi) is 1.39. The van der Waals surface area contributed by atoms with Crippen LogP contribution < -0.4 is 5.73 Å². The first kappa shape index (κ1) is 4.69. The molecule has 9 heavy (non-hydrogen) atoms.